The minimum absolute atomic E-state index is 0.0341. The van der Waals surface area contributed by atoms with E-state index in [1.165, 1.54) is 34.8 Å². The van der Waals surface area contributed by atoms with Gasteiger partial charge in [-0.05, 0) is 191 Å². The molecule has 0 bridgehead atoms. The van der Waals surface area contributed by atoms with E-state index < -0.39 is 252 Å². The number of rotatable bonds is 28. The van der Waals surface area contributed by atoms with Gasteiger partial charge in [-0.3, -0.25) is 38.8 Å². The molecule has 0 aliphatic carbocycles. The zero-order valence-corrected chi connectivity index (χ0v) is 72.7. The zero-order valence-electron chi connectivity index (χ0n) is 110. The smallest absolute Gasteiger partial charge is 0.323 e. The SMILES string of the molecule is [2H]C([2H])([2H])C([2H])(C)C([2H])([2H])C1CN2CCc3cc(OC)c(OC)cc3C2CC1OC(=O)[C@@H](N)C(C)C.[2H]C([2H])([2H])C([2H])(C)C([2H])([2H])C1CN2CCc3cc(OC)c(OC)cc3C2CC1OC(=O)[C@@H](N)C(C)C.[2H]C([2H])([2H])Oc1cc2c(cc1OC)C1CC(OC(=O)[C@@H](N)C(C)C)C(C([2H])([2H])C([2H])(C)C([2H])([2H])[2H])CN1CC2.[2H]c1c(OC([2H])([2H])[2H])c(OC)c([2H])c2c1C([2H])([2H])C([2H])([2H])N1C([2H])([2H])C([2H])(CC(C)C)C([2H])(OC(=O)[C@@H](N)C(C)C)C([2H])([2H])C21[2H]. The van der Waals surface area contributed by atoms with Crippen LogP contribution in [-0.2, 0) is 63.8 Å². The Bertz CT molecular complexity index is 5600. The Balaban J connectivity index is 0.000000232. The van der Waals surface area contributed by atoms with Crippen molar-refractivity contribution in [2.24, 2.45) is 93.9 Å². The largest absolute Gasteiger partial charge is 0.493 e. The maximum Gasteiger partial charge on any atom is 0.323 e. The molecule has 0 saturated carbocycles. The summed E-state index contributed by atoms with van der Waals surface area (Å²) in [6.45, 7) is 5.50. The van der Waals surface area contributed by atoms with E-state index in [4.69, 9.17) is 121 Å². The maximum atomic E-state index is 13.3. The number of hydrogen-bond acceptors (Lipinski definition) is 24. The van der Waals surface area contributed by atoms with Crippen molar-refractivity contribution in [3.63, 3.8) is 0 Å². The second-order valence-corrected chi connectivity index (χ2v) is 33.2. The molecule has 8 N–H and O–H groups in total. The van der Waals surface area contributed by atoms with Crippen LogP contribution in [0.3, 0.4) is 0 Å². The molecular formula is C96H152N8O16. The Kier molecular flexibility index (Phi) is 20.7. The van der Waals surface area contributed by atoms with Crippen LogP contribution in [0.25, 0.3) is 0 Å². The van der Waals surface area contributed by atoms with Crippen LogP contribution in [0.2, 0.25) is 0 Å². The van der Waals surface area contributed by atoms with Crippen molar-refractivity contribution < 1.29 is 127 Å². The van der Waals surface area contributed by atoms with Gasteiger partial charge in [0.1, 0.15) is 48.6 Å². The van der Waals surface area contributed by atoms with Crippen LogP contribution in [0.15, 0.2) is 48.5 Å². The first-order valence-corrected chi connectivity index (χ1v) is 40.9. The fourth-order valence-electron chi connectivity index (χ4n) is 15.9. The first-order valence-electron chi connectivity index (χ1n) is 59.4. The van der Waals surface area contributed by atoms with E-state index in [1.807, 2.05) is 29.2 Å². The molecule has 4 fully saturated rings. The van der Waals surface area contributed by atoms with E-state index in [-0.39, 0.29) is 91.2 Å². The highest BCUT2D eigenvalue weighted by atomic mass is 16.6. The molecule has 0 spiro atoms. The van der Waals surface area contributed by atoms with E-state index >= 15 is 0 Å². The molecule has 24 heteroatoms. The van der Waals surface area contributed by atoms with Crippen molar-refractivity contribution in [2.75, 3.05) is 109 Å². The van der Waals surface area contributed by atoms with Gasteiger partial charge in [-0.25, -0.2) is 0 Å². The lowest BCUT2D eigenvalue weighted by atomic mass is 9.79. The third kappa shape index (κ3) is 23.8. The fraction of sp³-hybridized carbons (Fsp3) is 0.708. The summed E-state index contributed by atoms with van der Waals surface area (Å²) in [5.41, 5.74) is 27.2. The van der Waals surface area contributed by atoms with Crippen molar-refractivity contribution in [2.45, 2.75) is 260 Å². The summed E-state index contributed by atoms with van der Waals surface area (Å²) < 4.78 is 378. The molecule has 8 aliphatic heterocycles. The Morgan fingerprint density at radius 3 is 1.10 bits per heavy atom. The fourth-order valence-corrected chi connectivity index (χ4v) is 15.9. The average Bonchev–Trinajstić information content (AvgIpc) is 0.632. The van der Waals surface area contributed by atoms with Crippen LogP contribution < -0.4 is 60.8 Å². The normalized spacial score (nSPS) is 35.3. The van der Waals surface area contributed by atoms with Gasteiger partial charge in [0.15, 0.2) is 46.0 Å². The number of ether oxygens (including phenoxy) is 12. The van der Waals surface area contributed by atoms with E-state index in [2.05, 4.69) is 9.80 Å². The second-order valence-electron chi connectivity index (χ2n) is 33.2. The number of nitrogens with zero attached hydrogens (tertiary/aromatic N) is 4. The molecule has 0 radical (unpaired) electrons. The molecule has 15 unspecified atom stereocenters. The highest BCUT2D eigenvalue weighted by Crippen LogP contribution is 2.50. The predicted molar refractivity (Wildman–Crippen MR) is 471 cm³/mol. The van der Waals surface area contributed by atoms with Crippen LogP contribution in [0, 0.1) is 70.9 Å². The monoisotopic (exact) mass is 1710 g/mol. The van der Waals surface area contributed by atoms with E-state index in [0.29, 0.717) is 61.9 Å². The van der Waals surface area contributed by atoms with Gasteiger partial charge in [-0.2, -0.15) is 0 Å². The summed E-state index contributed by atoms with van der Waals surface area (Å²) in [4.78, 5) is 57.9. The highest BCUT2D eigenvalue weighted by molar-refractivity contribution is 5.77. The Labute approximate surface area is 770 Å². The maximum absolute atomic E-state index is 13.3. The summed E-state index contributed by atoms with van der Waals surface area (Å²) in [6.07, 6.45) is -20.2. The lowest BCUT2D eigenvalue weighted by Crippen LogP contribution is -2.51. The lowest BCUT2D eigenvalue weighted by molar-refractivity contribution is -0.161. The number of methoxy groups -OCH3 is 8. The van der Waals surface area contributed by atoms with Gasteiger partial charge in [0, 0.05) is 163 Å². The quantitative estimate of drug-likeness (QED) is 0.0303. The summed E-state index contributed by atoms with van der Waals surface area (Å²) in [5, 5.41) is 0. The van der Waals surface area contributed by atoms with Gasteiger partial charge in [-0.1, -0.05) is 111 Å². The molecule has 4 aromatic carbocycles. The lowest BCUT2D eigenvalue weighted by Gasteiger charge is -2.47. The molecule has 4 saturated heterocycles. The zero-order chi connectivity index (χ0) is 120. The third-order valence-corrected chi connectivity index (χ3v) is 22.8. The van der Waals surface area contributed by atoms with Crippen molar-refractivity contribution in [1.29, 1.82) is 0 Å². The number of carbonyl (C=O) groups is 4. The molecule has 8 aliphatic rings. The summed E-state index contributed by atoms with van der Waals surface area (Å²) >= 11 is 0. The topological polar surface area (TPSA) is 296 Å². The van der Waals surface area contributed by atoms with Gasteiger partial charge in [-0.15, -0.1) is 0 Å². The van der Waals surface area contributed by atoms with Gasteiger partial charge in [0.25, 0.3) is 0 Å². The second kappa shape index (κ2) is 43.9. The van der Waals surface area contributed by atoms with Crippen molar-refractivity contribution >= 4 is 23.9 Å². The molecule has 120 heavy (non-hydrogen) atoms. The van der Waals surface area contributed by atoms with Gasteiger partial charge in [0.05, 0.1) is 70.4 Å². The minimum atomic E-state index is -3.92. The van der Waals surface area contributed by atoms with Gasteiger partial charge < -0.3 is 79.8 Å². The first kappa shape index (κ1) is 56.7. The Morgan fingerprint density at radius 2 is 0.775 bits per heavy atom. The first-order chi connectivity index (χ1) is 71.2. The van der Waals surface area contributed by atoms with E-state index in [0.717, 1.165) is 61.3 Å². The van der Waals surface area contributed by atoms with Gasteiger partial charge in [0.2, 0.25) is 0 Å². The molecule has 4 aromatic rings. The number of esters is 4. The number of benzene rings is 4. The number of nitrogens with two attached hydrogens (primary N) is 4. The van der Waals surface area contributed by atoms with Crippen molar-refractivity contribution in [3.8, 4) is 46.0 Å². The Morgan fingerprint density at radius 1 is 0.450 bits per heavy atom. The van der Waals surface area contributed by atoms with Crippen LogP contribution in [0.5, 0.6) is 46.0 Å². The molecule has 19 atom stereocenters. The minimum Gasteiger partial charge on any atom is -0.493 e. The van der Waals surface area contributed by atoms with Crippen LogP contribution >= 0.6 is 0 Å². The van der Waals surface area contributed by atoms with Crippen LogP contribution in [0.4, 0.5) is 0 Å². The summed E-state index contributed by atoms with van der Waals surface area (Å²) in [7, 11) is 2.55. The van der Waals surface area contributed by atoms with E-state index in [1.54, 1.807) is 82.1 Å². The van der Waals surface area contributed by atoms with Crippen LogP contribution in [-0.4, -0.2) is 201 Å². The number of hydrogen-bond donors (Lipinski definition) is 4. The molecular weight excluding hydrogens is 1520 g/mol. The molecule has 24 nitrogen and oxygen atoms in total. The molecule has 672 valence electrons. The average molecular weight is 1710 g/mol. The third-order valence-electron chi connectivity index (χ3n) is 22.8. The summed E-state index contributed by atoms with van der Waals surface area (Å²) in [5.74, 6) is -18.7. The Hall–Kier alpha value is -7.16. The predicted octanol–water partition coefficient (Wildman–Crippen LogP) is 14.3. The standard InChI is InChI=1S/4C24H38N2O4/c4*1-14(2)9-17-13-26-8-7-16-10-21(28-5)22(29-6)11-18(16)19(26)12-20(17)30-24(27)23(25)15(3)4/h4*10-11,14-15,17,19-20,23H,7-9,12-13,25H2,1-6H3/t4*17?,19?,20?,23-/m0000/s1/i5D3,7D2,8D2,10D,11D,12D2,13D2,17D,19D,20D;1D3,5D3,9D2,14D;2*1D3,9D2,14D/tm;3*14?,17?,19?,20?,23-. The molecule has 0 aromatic heterocycles. The number of piperidine rings is 4. The van der Waals surface area contributed by atoms with Crippen molar-refractivity contribution in [1.82, 2.24) is 19.6 Å². The number of carbonyl (C=O) groups excluding carboxylic acids is 4. The van der Waals surface area contributed by atoms with E-state index in [9.17, 15) is 28.8 Å². The summed E-state index contributed by atoms with van der Waals surface area (Å²) in [6, 6.07) is -0.324. The molecule has 12 rings (SSSR count). The van der Waals surface area contributed by atoms with Gasteiger partial charge >= 0.3 is 23.9 Å². The highest BCUT2D eigenvalue weighted by Gasteiger charge is 2.47. The van der Waals surface area contributed by atoms with Crippen LogP contribution in [0.1, 0.15) is 281 Å². The van der Waals surface area contributed by atoms with Crippen molar-refractivity contribution in [3.05, 3.63) is 93.0 Å². The number of fused-ring (bicyclic) bond motifs is 12. The molecule has 0 amide bonds. The molecule has 8 heterocycles.